The Labute approximate surface area is 97.6 Å². The number of rotatable bonds is 4. The van der Waals surface area contributed by atoms with E-state index >= 15 is 0 Å². The summed E-state index contributed by atoms with van der Waals surface area (Å²) in [6, 6.07) is 8.81. The third-order valence-electron chi connectivity index (χ3n) is 2.48. The van der Waals surface area contributed by atoms with Gasteiger partial charge in [-0.15, -0.1) is 11.8 Å². The first kappa shape index (κ1) is 10.5. The molecule has 1 saturated carbocycles. The van der Waals surface area contributed by atoms with Crippen molar-refractivity contribution in [2.24, 2.45) is 11.7 Å². The van der Waals surface area contributed by atoms with E-state index in [0.717, 1.165) is 16.1 Å². The van der Waals surface area contributed by atoms with E-state index in [2.05, 4.69) is 40.2 Å². The van der Waals surface area contributed by atoms with Gasteiger partial charge in [0.15, 0.2) is 0 Å². The molecule has 1 aromatic rings. The van der Waals surface area contributed by atoms with Gasteiger partial charge in [0.05, 0.1) is 0 Å². The summed E-state index contributed by atoms with van der Waals surface area (Å²) >= 11 is 5.28. The van der Waals surface area contributed by atoms with Crippen LogP contribution in [0.5, 0.6) is 0 Å². The Morgan fingerprint density at radius 1 is 1.36 bits per heavy atom. The second-order valence-electron chi connectivity index (χ2n) is 3.77. The van der Waals surface area contributed by atoms with Crippen LogP contribution in [-0.4, -0.2) is 11.8 Å². The van der Waals surface area contributed by atoms with Crippen molar-refractivity contribution in [1.29, 1.82) is 0 Å². The van der Waals surface area contributed by atoms with Crippen molar-refractivity contribution in [3.8, 4) is 0 Å². The van der Waals surface area contributed by atoms with Crippen molar-refractivity contribution < 1.29 is 0 Å². The average Bonchev–Trinajstić information content (AvgIpc) is 3.00. The van der Waals surface area contributed by atoms with E-state index < -0.39 is 0 Å². The Kier molecular flexibility index (Phi) is 3.52. The Balaban J connectivity index is 1.82. The maximum atomic E-state index is 6.03. The Bertz CT molecular complexity index is 295. The van der Waals surface area contributed by atoms with Gasteiger partial charge >= 0.3 is 0 Å². The first-order chi connectivity index (χ1) is 6.75. The molecular weight excluding hydrogens is 258 g/mol. The van der Waals surface area contributed by atoms with Crippen LogP contribution in [-0.2, 0) is 0 Å². The highest BCUT2D eigenvalue weighted by Crippen LogP contribution is 2.34. The van der Waals surface area contributed by atoms with Crippen LogP contribution < -0.4 is 5.73 Å². The van der Waals surface area contributed by atoms with Gasteiger partial charge in [-0.05, 0) is 43.0 Å². The molecule has 1 aliphatic carbocycles. The maximum Gasteiger partial charge on any atom is 0.0176 e. The molecule has 3 heteroatoms. The molecule has 1 unspecified atom stereocenters. The van der Waals surface area contributed by atoms with Gasteiger partial charge in [-0.3, -0.25) is 0 Å². The maximum absolute atomic E-state index is 6.03. The molecule has 1 nitrogen and oxygen atoms in total. The fourth-order valence-corrected chi connectivity index (χ4v) is 2.63. The lowest BCUT2D eigenvalue weighted by Crippen LogP contribution is -2.24. The molecule has 1 aromatic carbocycles. The van der Waals surface area contributed by atoms with Gasteiger partial charge in [0.25, 0.3) is 0 Å². The van der Waals surface area contributed by atoms with Crippen LogP contribution in [0.25, 0.3) is 0 Å². The van der Waals surface area contributed by atoms with Gasteiger partial charge in [-0.25, -0.2) is 0 Å². The van der Waals surface area contributed by atoms with Crippen LogP contribution >= 0.6 is 27.7 Å². The summed E-state index contributed by atoms with van der Waals surface area (Å²) in [4.78, 5) is 1.31. The van der Waals surface area contributed by atoms with Crippen LogP contribution in [0.1, 0.15) is 12.8 Å². The molecule has 14 heavy (non-hydrogen) atoms. The van der Waals surface area contributed by atoms with E-state index in [4.69, 9.17) is 5.73 Å². The molecule has 1 fully saturated rings. The molecule has 1 aliphatic rings. The number of hydrogen-bond donors (Lipinski definition) is 1. The normalized spacial score (nSPS) is 18.1. The minimum atomic E-state index is 0.392. The lowest BCUT2D eigenvalue weighted by atomic mass is 10.2. The summed E-state index contributed by atoms with van der Waals surface area (Å²) in [5.41, 5.74) is 6.03. The molecule has 1 atom stereocenters. The van der Waals surface area contributed by atoms with E-state index in [9.17, 15) is 0 Å². The van der Waals surface area contributed by atoms with Crippen LogP contribution in [0.4, 0.5) is 0 Å². The lowest BCUT2D eigenvalue weighted by molar-refractivity contribution is 0.659. The van der Waals surface area contributed by atoms with Gasteiger partial charge < -0.3 is 5.73 Å². The van der Waals surface area contributed by atoms with Crippen LogP contribution in [0.3, 0.4) is 0 Å². The summed E-state index contributed by atoms with van der Waals surface area (Å²) in [6.07, 6.45) is 2.67. The van der Waals surface area contributed by atoms with Crippen molar-refractivity contribution in [3.05, 3.63) is 28.7 Å². The molecule has 0 heterocycles. The first-order valence-corrected chi connectivity index (χ1v) is 6.67. The molecule has 0 saturated heterocycles. The number of thioether (sulfide) groups is 1. The van der Waals surface area contributed by atoms with Crippen molar-refractivity contribution in [2.45, 2.75) is 23.8 Å². The molecule has 76 valence electrons. The number of benzene rings is 1. The smallest absolute Gasteiger partial charge is 0.0176 e. The molecule has 0 spiro atoms. The van der Waals surface area contributed by atoms with Gasteiger partial charge in [0.2, 0.25) is 0 Å². The van der Waals surface area contributed by atoms with E-state index in [1.54, 1.807) is 0 Å². The molecule has 2 N–H and O–H groups in total. The van der Waals surface area contributed by atoms with E-state index in [1.807, 2.05) is 11.8 Å². The van der Waals surface area contributed by atoms with Crippen LogP contribution in [0.15, 0.2) is 33.6 Å². The molecular formula is C11H14BrNS. The number of nitrogens with two attached hydrogens (primary N) is 1. The standard InChI is InChI=1S/C11H14BrNS/c12-9-3-5-10(6-4-9)14-7-11(13)8-1-2-8/h3-6,8,11H,1-2,7,13H2. The lowest BCUT2D eigenvalue weighted by Gasteiger charge is -2.09. The summed E-state index contributed by atoms with van der Waals surface area (Å²) in [7, 11) is 0. The second kappa shape index (κ2) is 4.69. The fraction of sp³-hybridized carbons (Fsp3) is 0.455. The highest BCUT2D eigenvalue weighted by atomic mass is 79.9. The predicted molar refractivity (Wildman–Crippen MR) is 65.6 cm³/mol. The van der Waals surface area contributed by atoms with Gasteiger partial charge in [-0.2, -0.15) is 0 Å². The van der Waals surface area contributed by atoms with Crippen molar-refractivity contribution in [2.75, 3.05) is 5.75 Å². The van der Waals surface area contributed by atoms with Crippen molar-refractivity contribution in [1.82, 2.24) is 0 Å². The molecule has 0 radical (unpaired) electrons. The Morgan fingerprint density at radius 2 is 2.00 bits per heavy atom. The predicted octanol–water partition coefficient (Wildman–Crippen LogP) is 3.28. The zero-order chi connectivity index (χ0) is 9.97. The molecule has 0 aromatic heterocycles. The Hall–Kier alpha value is 0.01000. The highest BCUT2D eigenvalue weighted by Gasteiger charge is 2.28. The largest absolute Gasteiger partial charge is 0.327 e. The van der Waals surface area contributed by atoms with Crippen LogP contribution in [0.2, 0.25) is 0 Å². The van der Waals surface area contributed by atoms with Gasteiger partial charge in [-0.1, -0.05) is 15.9 Å². The SMILES string of the molecule is NC(CSc1ccc(Br)cc1)C1CC1. The van der Waals surface area contributed by atoms with E-state index in [-0.39, 0.29) is 0 Å². The zero-order valence-electron chi connectivity index (χ0n) is 7.95. The summed E-state index contributed by atoms with van der Waals surface area (Å²) in [6.45, 7) is 0. The summed E-state index contributed by atoms with van der Waals surface area (Å²) in [5.74, 6) is 1.85. The molecule has 0 aliphatic heterocycles. The summed E-state index contributed by atoms with van der Waals surface area (Å²) < 4.78 is 1.13. The van der Waals surface area contributed by atoms with E-state index in [1.165, 1.54) is 17.7 Å². The minimum absolute atomic E-state index is 0.392. The molecule has 0 amide bonds. The quantitative estimate of drug-likeness (QED) is 0.851. The average molecular weight is 272 g/mol. The third kappa shape index (κ3) is 3.01. The van der Waals surface area contributed by atoms with Crippen molar-refractivity contribution >= 4 is 27.7 Å². The highest BCUT2D eigenvalue weighted by molar-refractivity contribution is 9.10. The zero-order valence-corrected chi connectivity index (χ0v) is 10.4. The monoisotopic (exact) mass is 271 g/mol. The van der Waals surface area contributed by atoms with Crippen LogP contribution in [0, 0.1) is 5.92 Å². The fourth-order valence-electron chi connectivity index (χ4n) is 1.38. The van der Waals surface area contributed by atoms with Gasteiger partial charge in [0, 0.05) is 21.2 Å². The topological polar surface area (TPSA) is 26.0 Å². The molecule has 2 rings (SSSR count). The second-order valence-corrected chi connectivity index (χ2v) is 5.78. The van der Waals surface area contributed by atoms with Gasteiger partial charge in [0.1, 0.15) is 0 Å². The Morgan fingerprint density at radius 3 is 2.57 bits per heavy atom. The van der Waals surface area contributed by atoms with Crippen molar-refractivity contribution in [3.63, 3.8) is 0 Å². The number of hydrogen-bond acceptors (Lipinski definition) is 2. The minimum Gasteiger partial charge on any atom is -0.327 e. The third-order valence-corrected chi connectivity index (χ3v) is 4.17. The summed E-state index contributed by atoms with van der Waals surface area (Å²) in [5, 5.41) is 0. The first-order valence-electron chi connectivity index (χ1n) is 4.89. The molecule has 0 bridgehead atoms. The van der Waals surface area contributed by atoms with E-state index in [0.29, 0.717) is 6.04 Å². The number of halogens is 1.